The fourth-order valence-electron chi connectivity index (χ4n) is 0.998. The number of nitrogens with zero attached hydrogens (tertiary/aromatic N) is 1. The van der Waals surface area contributed by atoms with Gasteiger partial charge in [-0.2, -0.15) is 0 Å². The van der Waals surface area contributed by atoms with Gasteiger partial charge in [-0.25, -0.2) is 0 Å². The Morgan fingerprint density at radius 2 is 1.91 bits per heavy atom. The molecule has 0 saturated heterocycles. The molecule has 0 heterocycles. The normalized spacial score (nSPS) is 9.64. The molecule has 0 aromatic heterocycles. The van der Waals surface area contributed by atoms with Crippen molar-refractivity contribution in [2.24, 2.45) is 0 Å². The second kappa shape index (κ2) is 7.58. The summed E-state index contributed by atoms with van der Waals surface area (Å²) in [5, 5.41) is 0. The van der Waals surface area contributed by atoms with Gasteiger partial charge in [0.05, 0.1) is 0 Å². The Bertz CT molecular complexity index is 93.6. The van der Waals surface area contributed by atoms with Crippen LogP contribution in [0.15, 0.2) is 0 Å². The zero-order valence-electron chi connectivity index (χ0n) is 7.60. The van der Waals surface area contributed by atoms with E-state index in [4.69, 9.17) is 0 Å². The van der Waals surface area contributed by atoms with Crippen molar-refractivity contribution >= 4 is 6.41 Å². The van der Waals surface area contributed by atoms with Crippen molar-refractivity contribution < 1.29 is 4.79 Å². The zero-order valence-corrected chi connectivity index (χ0v) is 7.60. The molecule has 0 fully saturated rings. The van der Waals surface area contributed by atoms with E-state index < -0.39 is 0 Å². The van der Waals surface area contributed by atoms with E-state index in [0.29, 0.717) is 0 Å². The molecule has 2 heteroatoms. The summed E-state index contributed by atoms with van der Waals surface area (Å²) in [5.74, 6) is 0. The summed E-state index contributed by atoms with van der Waals surface area (Å²) >= 11 is 0. The van der Waals surface area contributed by atoms with E-state index in [1.807, 2.05) is 13.3 Å². The van der Waals surface area contributed by atoms with E-state index in [2.05, 4.69) is 6.92 Å². The summed E-state index contributed by atoms with van der Waals surface area (Å²) in [6.07, 6.45) is 6.79. The lowest BCUT2D eigenvalue weighted by Crippen LogP contribution is -2.22. The Kier molecular flexibility index (Phi) is 7.21. The summed E-state index contributed by atoms with van der Waals surface area (Å²) < 4.78 is 0. The van der Waals surface area contributed by atoms with Crippen LogP contribution in [-0.4, -0.2) is 24.4 Å². The molecule has 1 amide bonds. The van der Waals surface area contributed by atoms with Crippen LogP contribution in [0.2, 0.25) is 0 Å². The third-order valence-electron chi connectivity index (χ3n) is 1.79. The van der Waals surface area contributed by atoms with Gasteiger partial charge in [0, 0.05) is 13.1 Å². The lowest BCUT2D eigenvalue weighted by molar-refractivity contribution is 0.382. The van der Waals surface area contributed by atoms with E-state index in [1.54, 1.807) is 4.90 Å². The van der Waals surface area contributed by atoms with Crippen LogP contribution in [0.25, 0.3) is 0 Å². The van der Waals surface area contributed by atoms with Gasteiger partial charge in [-0.1, -0.05) is 26.2 Å². The number of hydrogen-bond donors (Lipinski definition) is 0. The second-order valence-corrected chi connectivity index (χ2v) is 2.73. The van der Waals surface area contributed by atoms with Crippen molar-refractivity contribution in [3.63, 3.8) is 0 Å². The molecule has 1 radical (unpaired) electrons. The smallest absolute Gasteiger partial charge is 0.312 e. The molecule has 0 saturated carbocycles. The highest BCUT2D eigenvalue weighted by Gasteiger charge is 1.97. The van der Waals surface area contributed by atoms with Gasteiger partial charge in [-0.3, -0.25) is 4.79 Å². The Hall–Kier alpha value is -0.530. The van der Waals surface area contributed by atoms with E-state index in [-0.39, 0.29) is 0 Å². The van der Waals surface area contributed by atoms with E-state index in [1.165, 1.54) is 19.3 Å². The van der Waals surface area contributed by atoms with Gasteiger partial charge in [-0.15, -0.1) is 0 Å². The maximum Gasteiger partial charge on any atom is 0.312 e. The van der Waals surface area contributed by atoms with Crippen molar-refractivity contribution in [2.45, 2.75) is 39.5 Å². The van der Waals surface area contributed by atoms with E-state index >= 15 is 0 Å². The summed E-state index contributed by atoms with van der Waals surface area (Å²) in [6, 6.07) is 0. The van der Waals surface area contributed by atoms with Crippen LogP contribution in [0.1, 0.15) is 39.5 Å². The number of rotatable bonds is 7. The van der Waals surface area contributed by atoms with Gasteiger partial charge in [-0.05, 0) is 13.3 Å². The first-order chi connectivity index (χ1) is 5.35. The Labute approximate surface area is 69.6 Å². The van der Waals surface area contributed by atoms with Crippen LogP contribution >= 0.6 is 0 Å². The van der Waals surface area contributed by atoms with Crippen LogP contribution in [0, 0.1) is 0 Å². The highest BCUT2D eigenvalue weighted by molar-refractivity contribution is 5.47. The molecule has 0 atom stereocenters. The minimum Gasteiger partial charge on any atom is -0.335 e. The number of amides is 1. The average molecular weight is 156 g/mol. The van der Waals surface area contributed by atoms with Crippen molar-refractivity contribution in [1.82, 2.24) is 4.90 Å². The molecule has 0 N–H and O–H groups in total. The average Bonchev–Trinajstić information content (AvgIpc) is 2.05. The van der Waals surface area contributed by atoms with Gasteiger partial charge in [0.15, 0.2) is 0 Å². The summed E-state index contributed by atoms with van der Waals surface area (Å²) in [6.45, 7) is 5.82. The Balaban J connectivity index is 3.14. The molecule has 0 aromatic rings. The largest absolute Gasteiger partial charge is 0.335 e. The lowest BCUT2D eigenvalue weighted by atomic mass is 10.2. The van der Waals surface area contributed by atoms with Gasteiger partial charge in [0.25, 0.3) is 0 Å². The van der Waals surface area contributed by atoms with Crippen molar-refractivity contribution in [1.29, 1.82) is 0 Å². The summed E-state index contributed by atoms with van der Waals surface area (Å²) in [5.41, 5.74) is 0. The molecule has 0 rings (SSSR count). The number of hydrogen-bond acceptors (Lipinski definition) is 1. The summed E-state index contributed by atoms with van der Waals surface area (Å²) in [7, 11) is 0. The van der Waals surface area contributed by atoms with Gasteiger partial charge in [0.2, 0.25) is 0 Å². The molecular weight excluding hydrogens is 138 g/mol. The molecule has 2 nitrogen and oxygen atoms in total. The maximum absolute atomic E-state index is 10.2. The van der Waals surface area contributed by atoms with Crippen LogP contribution in [0.4, 0.5) is 0 Å². The first kappa shape index (κ1) is 10.5. The number of unbranched alkanes of at least 4 members (excludes halogenated alkanes) is 3. The fraction of sp³-hybridized carbons (Fsp3) is 0.889. The van der Waals surface area contributed by atoms with Gasteiger partial charge < -0.3 is 4.90 Å². The Morgan fingerprint density at radius 1 is 1.18 bits per heavy atom. The van der Waals surface area contributed by atoms with Crippen LogP contribution < -0.4 is 0 Å². The first-order valence-corrected chi connectivity index (χ1v) is 4.47. The highest BCUT2D eigenvalue weighted by Crippen LogP contribution is 1.99. The van der Waals surface area contributed by atoms with Gasteiger partial charge in [0.1, 0.15) is 0 Å². The van der Waals surface area contributed by atoms with Crippen molar-refractivity contribution in [2.75, 3.05) is 13.1 Å². The molecule has 0 bridgehead atoms. The molecule has 0 spiro atoms. The van der Waals surface area contributed by atoms with Crippen molar-refractivity contribution in [3.8, 4) is 0 Å². The maximum atomic E-state index is 10.2. The zero-order chi connectivity index (χ0) is 8.53. The molecule has 0 aliphatic rings. The van der Waals surface area contributed by atoms with Gasteiger partial charge >= 0.3 is 6.41 Å². The van der Waals surface area contributed by atoms with Crippen LogP contribution in [0.5, 0.6) is 0 Å². The second-order valence-electron chi connectivity index (χ2n) is 2.73. The minimum atomic E-state index is 0.787. The minimum absolute atomic E-state index is 0.787. The lowest BCUT2D eigenvalue weighted by Gasteiger charge is -2.12. The predicted octanol–water partition coefficient (Wildman–Crippen LogP) is 1.96. The predicted molar refractivity (Wildman–Crippen MR) is 47.1 cm³/mol. The van der Waals surface area contributed by atoms with E-state index in [0.717, 1.165) is 19.5 Å². The third-order valence-corrected chi connectivity index (χ3v) is 1.79. The Morgan fingerprint density at radius 3 is 2.36 bits per heavy atom. The molecule has 11 heavy (non-hydrogen) atoms. The van der Waals surface area contributed by atoms with E-state index in [9.17, 15) is 4.79 Å². The SMILES string of the molecule is CCCCCCN([C]=O)CC. The number of carbonyl (C=O) groups excluding carboxylic acids is 1. The molecule has 0 unspecified atom stereocenters. The van der Waals surface area contributed by atoms with Crippen molar-refractivity contribution in [3.05, 3.63) is 0 Å². The van der Waals surface area contributed by atoms with Crippen LogP contribution in [-0.2, 0) is 4.79 Å². The highest BCUT2D eigenvalue weighted by atomic mass is 16.1. The molecule has 65 valence electrons. The third kappa shape index (κ3) is 5.89. The molecule has 0 aliphatic heterocycles. The first-order valence-electron chi connectivity index (χ1n) is 4.47. The standard InChI is InChI=1S/C9H18NO/c1-3-5-6-7-8-10(4-2)9-11/h3-8H2,1-2H3. The quantitative estimate of drug-likeness (QED) is 0.407. The van der Waals surface area contributed by atoms with Crippen LogP contribution in [0.3, 0.4) is 0 Å². The topological polar surface area (TPSA) is 20.3 Å². The molecule has 0 aliphatic carbocycles. The monoisotopic (exact) mass is 156 g/mol. The fourth-order valence-corrected chi connectivity index (χ4v) is 0.998. The molecular formula is C9H18NO. The summed E-state index contributed by atoms with van der Waals surface area (Å²) in [4.78, 5) is 11.9. The molecule has 0 aromatic carbocycles.